The monoisotopic (exact) mass is 459 g/mol. The van der Waals surface area contributed by atoms with Crippen LogP contribution in [0.1, 0.15) is 69.7 Å². The summed E-state index contributed by atoms with van der Waals surface area (Å²) in [7, 11) is -3.33. The number of anilines is 1. The molecule has 176 valence electrons. The van der Waals surface area contributed by atoms with Crippen LogP contribution < -0.4 is 9.46 Å². The molecule has 0 amide bonds. The predicted molar refractivity (Wildman–Crippen MR) is 132 cm³/mol. The number of nitrogens with one attached hydrogen (secondary N) is 1. The number of sulfonamides is 1. The quantitative estimate of drug-likeness (QED) is 0.516. The Morgan fingerprint density at radius 2 is 1.47 bits per heavy atom. The summed E-state index contributed by atoms with van der Waals surface area (Å²) in [6.07, 6.45) is 2.94. The molecule has 0 aromatic heterocycles. The van der Waals surface area contributed by atoms with Gasteiger partial charge in [0.1, 0.15) is 12.4 Å². The van der Waals surface area contributed by atoms with E-state index in [1.54, 1.807) is 0 Å². The van der Waals surface area contributed by atoms with E-state index in [4.69, 9.17) is 4.74 Å². The smallest absolute Gasteiger partial charge is 0.229 e. The zero-order valence-corrected chi connectivity index (χ0v) is 21.4. The van der Waals surface area contributed by atoms with Gasteiger partial charge < -0.3 is 4.74 Å². The maximum Gasteiger partial charge on any atom is 0.229 e. The van der Waals surface area contributed by atoms with E-state index in [0.29, 0.717) is 5.69 Å². The number of carbonyl (C=O) groups is 1. The molecule has 0 saturated carbocycles. The molecule has 0 heterocycles. The van der Waals surface area contributed by atoms with Gasteiger partial charge in [-0.1, -0.05) is 58.9 Å². The number of ether oxygens (including phenoxy) is 1. The highest BCUT2D eigenvalue weighted by Gasteiger charge is 2.31. The molecule has 32 heavy (non-hydrogen) atoms. The van der Waals surface area contributed by atoms with Crippen LogP contribution in [0, 0.1) is 19.3 Å². The standard InChI is InChI=1S/C26H37NO4S/c1-9-26(10-2,20-11-13-22(18(3)15-20)27-32(8,29)30)21-12-14-23(19(4)16-21)31-17-24(28)25(5,6)7/h11-16,27H,9-10,17H2,1-8H3. The Kier molecular flexibility index (Phi) is 7.82. The van der Waals surface area contributed by atoms with Crippen molar-refractivity contribution in [2.45, 2.75) is 66.7 Å². The van der Waals surface area contributed by atoms with E-state index in [9.17, 15) is 13.2 Å². The molecule has 0 radical (unpaired) electrons. The Labute approximate surface area is 193 Å². The van der Waals surface area contributed by atoms with Crippen molar-refractivity contribution in [1.82, 2.24) is 0 Å². The SMILES string of the molecule is CCC(CC)(c1ccc(NS(C)(=O)=O)c(C)c1)c1ccc(OCC(=O)C(C)(C)C)c(C)c1. The topological polar surface area (TPSA) is 72.5 Å². The van der Waals surface area contributed by atoms with Gasteiger partial charge >= 0.3 is 0 Å². The zero-order valence-electron chi connectivity index (χ0n) is 20.6. The lowest BCUT2D eigenvalue weighted by atomic mass is 9.70. The van der Waals surface area contributed by atoms with Gasteiger partial charge in [0.25, 0.3) is 0 Å². The van der Waals surface area contributed by atoms with Crippen LogP contribution in [0.3, 0.4) is 0 Å². The second-order valence-electron chi connectivity index (χ2n) is 9.64. The molecular weight excluding hydrogens is 422 g/mol. The molecule has 2 aromatic carbocycles. The summed E-state index contributed by atoms with van der Waals surface area (Å²) in [6, 6.07) is 12.1. The van der Waals surface area contributed by atoms with E-state index in [-0.39, 0.29) is 17.8 Å². The summed E-state index contributed by atoms with van der Waals surface area (Å²) >= 11 is 0. The van der Waals surface area contributed by atoms with E-state index >= 15 is 0 Å². The van der Waals surface area contributed by atoms with Crippen molar-refractivity contribution < 1.29 is 17.9 Å². The van der Waals surface area contributed by atoms with Gasteiger partial charge in [-0.2, -0.15) is 0 Å². The number of hydrogen-bond acceptors (Lipinski definition) is 4. The van der Waals surface area contributed by atoms with Crippen LogP contribution in [-0.4, -0.2) is 27.1 Å². The molecule has 0 unspecified atom stereocenters. The third-order valence-corrected chi connectivity index (χ3v) is 6.79. The second kappa shape index (κ2) is 9.65. The molecule has 0 saturated heterocycles. The van der Waals surface area contributed by atoms with Gasteiger partial charge in [0.05, 0.1) is 11.9 Å². The molecular formula is C26H37NO4S. The van der Waals surface area contributed by atoms with Crippen molar-refractivity contribution in [3.8, 4) is 5.75 Å². The highest BCUT2D eigenvalue weighted by atomic mass is 32.2. The summed E-state index contributed by atoms with van der Waals surface area (Å²) in [5, 5.41) is 0. The maximum absolute atomic E-state index is 12.2. The summed E-state index contributed by atoms with van der Waals surface area (Å²) in [6.45, 7) is 14.0. The zero-order chi connectivity index (χ0) is 24.3. The Bertz CT molecular complexity index is 1080. The summed E-state index contributed by atoms with van der Waals surface area (Å²) in [5.74, 6) is 0.784. The number of hydrogen-bond donors (Lipinski definition) is 1. The lowest BCUT2D eigenvalue weighted by molar-refractivity contribution is -0.128. The molecule has 0 bridgehead atoms. The van der Waals surface area contributed by atoms with Crippen molar-refractivity contribution in [3.05, 3.63) is 58.7 Å². The first-order chi connectivity index (χ1) is 14.7. The van der Waals surface area contributed by atoms with Gasteiger partial charge in [0.2, 0.25) is 10.0 Å². The fourth-order valence-electron chi connectivity index (χ4n) is 3.98. The van der Waals surface area contributed by atoms with Crippen LogP contribution in [0.4, 0.5) is 5.69 Å². The Hall–Kier alpha value is -2.34. The fraction of sp³-hybridized carbons (Fsp3) is 0.500. The molecule has 0 aliphatic rings. The van der Waals surface area contributed by atoms with Gasteiger partial charge in [0, 0.05) is 10.8 Å². The molecule has 5 nitrogen and oxygen atoms in total. The minimum Gasteiger partial charge on any atom is -0.486 e. The Morgan fingerprint density at radius 3 is 1.91 bits per heavy atom. The molecule has 2 rings (SSSR count). The van der Waals surface area contributed by atoms with Gasteiger partial charge in [0.15, 0.2) is 5.78 Å². The van der Waals surface area contributed by atoms with Crippen LogP contribution in [0.5, 0.6) is 5.75 Å². The molecule has 0 spiro atoms. The predicted octanol–water partition coefficient (Wildman–Crippen LogP) is 5.78. The van der Waals surface area contributed by atoms with E-state index in [1.165, 1.54) is 5.56 Å². The highest BCUT2D eigenvalue weighted by Crippen LogP contribution is 2.41. The fourth-order valence-corrected chi connectivity index (χ4v) is 4.61. The third kappa shape index (κ3) is 5.91. The third-order valence-electron chi connectivity index (χ3n) is 6.20. The van der Waals surface area contributed by atoms with E-state index in [0.717, 1.165) is 41.5 Å². The maximum atomic E-state index is 12.2. The molecule has 0 atom stereocenters. The van der Waals surface area contributed by atoms with Crippen LogP contribution in [-0.2, 0) is 20.2 Å². The van der Waals surface area contributed by atoms with Gasteiger partial charge in [-0.3, -0.25) is 9.52 Å². The summed E-state index contributed by atoms with van der Waals surface area (Å²) in [5.41, 5.74) is 4.16. The number of Topliss-reactive ketones (excluding diaryl/α,β-unsaturated/α-hetero) is 1. The van der Waals surface area contributed by atoms with Crippen molar-refractivity contribution in [1.29, 1.82) is 0 Å². The summed E-state index contributed by atoms with van der Waals surface area (Å²) < 4.78 is 31.7. The lowest BCUT2D eigenvalue weighted by Gasteiger charge is -2.34. The molecule has 6 heteroatoms. The van der Waals surface area contributed by atoms with E-state index in [1.807, 2.05) is 52.8 Å². The largest absolute Gasteiger partial charge is 0.486 e. The molecule has 0 fully saturated rings. The highest BCUT2D eigenvalue weighted by molar-refractivity contribution is 7.92. The molecule has 2 aromatic rings. The molecule has 0 aliphatic heterocycles. The minimum atomic E-state index is -3.33. The number of carbonyl (C=O) groups excluding carboxylic acids is 1. The number of ketones is 1. The van der Waals surface area contributed by atoms with Crippen molar-refractivity contribution in [3.63, 3.8) is 0 Å². The molecule has 1 N–H and O–H groups in total. The first-order valence-electron chi connectivity index (χ1n) is 11.1. The lowest BCUT2D eigenvalue weighted by Crippen LogP contribution is -2.27. The van der Waals surface area contributed by atoms with Crippen molar-refractivity contribution in [2.75, 3.05) is 17.6 Å². The summed E-state index contributed by atoms with van der Waals surface area (Å²) in [4.78, 5) is 12.2. The number of benzene rings is 2. The van der Waals surface area contributed by atoms with Crippen molar-refractivity contribution in [2.24, 2.45) is 5.41 Å². The Balaban J connectivity index is 2.40. The first-order valence-corrected chi connectivity index (χ1v) is 13.0. The van der Waals surface area contributed by atoms with E-state index in [2.05, 4.69) is 36.8 Å². The number of rotatable bonds is 9. The normalized spacial score (nSPS) is 12.5. The average Bonchev–Trinajstić information content (AvgIpc) is 2.68. The first kappa shape index (κ1) is 25.9. The van der Waals surface area contributed by atoms with Crippen LogP contribution in [0.25, 0.3) is 0 Å². The molecule has 0 aliphatic carbocycles. The van der Waals surface area contributed by atoms with Gasteiger partial charge in [-0.15, -0.1) is 0 Å². The average molecular weight is 460 g/mol. The van der Waals surface area contributed by atoms with Crippen LogP contribution in [0.15, 0.2) is 36.4 Å². The van der Waals surface area contributed by atoms with Crippen molar-refractivity contribution >= 4 is 21.5 Å². The number of aryl methyl sites for hydroxylation is 2. The van der Waals surface area contributed by atoms with Gasteiger partial charge in [-0.05, 0) is 61.1 Å². The van der Waals surface area contributed by atoms with E-state index < -0.39 is 15.4 Å². The second-order valence-corrected chi connectivity index (χ2v) is 11.4. The minimum absolute atomic E-state index is 0.0599. The van der Waals surface area contributed by atoms with Crippen LogP contribution >= 0.6 is 0 Å². The Morgan fingerprint density at radius 1 is 0.938 bits per heavy atom. The van der Waals surface area contributed by atoms with Crippen LogP contribution in [0.2, 0.25) is 0 Å². The van der Waals surface area contributed by atoms with Gasteiger partial charge in [-0.25, -0.2) is 8.42 Å².